The number of amides is 1. The third-order valence-corrected chi connectivity index (χ3v) is 9.23. The number of aliphatic hydroxyl groups excluding tert-OH is 1. The molecular formula is C27H37ClN5O5P. The van der Waals surface area contributed by atoms with Crippen molar-refractivity contribution in [1.29, 1.82) is 0 Å². The van der Waals surface area contributed by atoms with Crippen LogP contribution < -0.4 is 15.5 Å². The van der Waals surface area contributed by atoms with Crippen molar-refractivity contribution in [2.45, 2.75) is 76.7 Å². The fraction of sp³-hybridized carbons (Fsp3) is 0.593. The summed E-state index contributed by atoms with van der Waals surface area (Å²) in [4.78, 5) is 34.4. The van der Waals surface area contributed by atoms with E-state index in [9.17, 15) is 19.4 Å². The highest BCUT2D eigenvalue weighted by Gasteiger charge is 2.44. The molecule has 1 aromatic heterocycles. The molecule has 212 valence electrons. The van der Waals surface area contributed by atoms with E-state index < -0.39 is 7.60 Å². The first-order valence-corrected chi connectivity index (χ1v) is 16.1. The largest absolute Gasteiger partial charge is 0.392 e. The molecule has 1 spiro atoms. The van der Waals surface area contributed by atoms with Crippen molar-refractivity contribution in [2.75, 3.05) is 30.0 Å². The Labute approximate surface area is 234 Å². The molecule has 1 unspecified atom stereocenters. The third kappa shape index (κ3) is 7.30. The number of nitrogens with one attached hydrogen (secondary N) is 2. The van der Waals surface area contributed by atoms with Gasteiger partial charge < -0.3 is 30.1 Å². The summed E-state index contributed by atoms with van der Waals surface area (Å²) >= 11 is 6.28. The first-order valence-electron chi connectivity index (χ1n) is 13.7. The zero-order valence-electron chi connectivity index (χ0n) is 22.2. The smallest absolute Gasteiger partial charge is 0.325 e. The predicted molar refractivity (Wildman–Crippen MR) is 150 cm³/mol. The van der Waals surface area contributed by atoms with Crippen molar-refractivity contribution >= 4 is 36.9 Å². The molecule has 0 bridgehead atoms. The van der Waals surface area contributed by atoms with Gasteiger partial charge in [-0.3, -0.25) is 9.36 Å². The summed E-state index contributed by atoms with van der Waals surface area (Å²) in [6.45, 7) is 3.28. The average Bonchev–Trinajstić information content (AvgIpc) is 3.66. The van der Waals surface area contributed by atoms with Gasteiger partial charge in [-0.25, -0.2) is 4.98 Å². The van der Waals surface area contributed by atoms with Gasteiger partial charge in [-0.05, 0) is 74.0 Å². The molecule has 3 fully saturated rings. The zero-order chi connectivity index (χ0) is 27.6. The summed E-state index contributed by atoms with van der Waals surface area (Å²) in [6.07, 6.45) is 8.76. The second kappa shape index (κ2) is 11.7. The number of benzene rings is 1. The lowest BCUT2D eigenvalue weighted by molar-refractivity contribution is 0.0881. The highest BCUT2D eigenvalue weighted by atomic mass is 35.5. The fourth-order valence-corrected chi connectivity index (χ4v) is 6.58. The number of hydrogen-bond acceptors (Lipinski definition) is 8. The topological polar surface area (TPSA) is 137 Å². The molecule has 2 aliphatic carbocycles. The molecule has 12 heteroatoms. The molecule has 1 saturated heterocycles. The Balaban J connectivity index is 1.29. The maximum Gasteiger partial charge on any atom is 0.325 e. The van der Waals surface area contributed by atoms with Crippen LogP contribution in [0.4, 0.5) is 11.8 Å². The molecule has 4 N–H and O–H groups in total. The van der Waals surface area contributed by atoms with Crippen LogP contribution in [0.25, 0.3) is 0 Å². The lowest BCUT2D eigenvalue weighted by Crippen LogP contribution is -2.39. The highest BCUT2D eigenvalue weighted by molar-refractivity contribution is 7.51. The standard InChI is InChI=1S/C27H37ClN5O5P/c1-39(36,37)38-21-6-4-20(5-7-21)31-25(35)22-16-30-26(33-12-10-27(8-9-27)11-13-33)32-24(22)29-15-18-2-3-19(17-34)23(28)14-18/h2-3,14,16,20-21,34H,4-13,15,17H2,1H3,(H,31,35)(H,36,37)(H,29,30,32)/t20-,21-. The molecule has 10 nitrogen and oxygen atoms in total. The summed E-state index contributed by atoms with van der Waals surface area (Å²) in [5, 5.41) is 16.3. The van der Waals surface area contributed by atoms with Gasteiger partial charge in [0.2, 0.25) is 5.95 Å². The normalized spacial score (nSPS) is 23.7. The van der Waals surface area contributed by atoms with Gasteiger partial charge in [-0.15, -0.1) is 0 Å². The van der Waals surface area contributed by atoms with Gasteiger partial charge in [-0.2, -0.15) is 4.98 Å². The van der Waals surface area contributed by atoms with Crippen LogP contribution in [0.1, 0.15) is 72.9 Å². The summed E-state index contributed by atoms with van der Waals surface area (Å²) < 4.78 is 16.8. The van der Waals surface area contributed by atoms with E-state index in [1.165, 1.54) is 19.5 Å². The van der Waals surface area contributed by atoms with Gasteiger partial charge in [0.1, 0.15) is 11.4 Å². The number of aliphatic hydroxyl groups is 1. The van der Waals surface area contributed by atoms with Crippen LogP contribution in [0.5, 0.6) is 0 Å². The SMILES string of the molecule is CP(=O)(O)O[C@H]1CC[C@H](NC(=O)c2cnc(N3CCC4(CC3)CC4)nc2NCc2ccc(CO)c(Cl)c2)CC1. The zero-order valence-corrected chi connectivity index (χ0v) is 23.9. The van der Waals surface area contributed by atoms with Crippen LogP contribution in [-0.4, -0.2) is 57.8 Å². The van der Waals surface area contributed by atoms with Crippen molar-refractivity contribution in [2.24, 2.45) is 5.41 Å². The van der Waals surface area contributed by atoms with E-state index >= 15 is 0 Å². The number of nitrogens with zero attached hydrogens (tertiary/aromatic N) is 3. The maximum absolute atomic E-state index is 13.4. The lowest BCUT2D eigenvalue weighted by atomic mass is 9.93. The summed E-state index contributed by atoms with van der Waals surface area (Å²) in [5.41, 5.74) is 2.45. The van der Waals surface area contributed by atoms with Crippen molar-refractivity contribution in [1.82, 2.24) is 15.3 Å². The molecule has 1 amide bonds. The van der Waals surface area contributed by atoms with Gasteiger partial charge >= 0.3 is 7.60 Å². The maximum atomic E-state index is 13.4. The lowest BCUT2D eigenvalue weighted by Gasteiger charge is -2.32. The number of piperidine rings is 1. The Morgan fingerprint density at radius 3 is 2.54 bits per heavy atom. The number of carbonyl (C=O) groups is 1. The van der Waals surface area contributed by atoms with Crippen LogP contribution in [0, 0.1) is 5.41 Å². The minimum Gasteiger partial charge on any atom is -0.392 e. The van der Waals surface area contributed by atoms with Crippen LogP contribution in [-0.2, 0) is 22.2 Å². The molecule has 3 aliphatic rings. The van der Waals surface area contributed by atoms with E-state index in [0.717, 1.165) is 31.5 Å². The van der Waals surface area contributed by atoms with Gasteiger partial charge in [0.25, 0.3) is 5.91 Å². The third-order valence-electron chi connectivity index (χ3n) is 8.19. The van der Waals surface area contributed by atoms with E-state index in [1.807, 2.05) is 6.07 Å². The monoisotopic (exact) mass is 577 g/mol. The molecule has 2 aromatic rings. The van der Waals surface area contributed by atoms with Gasteiger partial charge in [0, 0.05) is 43.6 Å². The second-order valence-electron chi connectivity index (χ2n) is 11.2. The Morgan fingerprint density at radius 1 is 1.21 bits per heavy atom. The van der Waals surface area contributed by atoms with Crippen molar-refractivity contribution in [3.63, 3.8) is 0 Å². The molecule has 1 aromatic carbocycles. The molecular weight excluding hydrogens is 541 g/mol. The van der Waals surface area contributed by atoms with E-state index in [0.29, 0.717) is 65.6 Å². The Bertz CT molecular complexity index is 1240. The number of hydrogen-bond donors (Lipinski definition) is 4. The summed E-state index contributed by atoms with van der Waals surface area (Å²) in [7, 11) is -3.53. The first kappa shape index (κ1) is 28.3. The van der Waals surface area contributed by atoms with Crippen molar-refractivity contribution in [3.8, 4) is 0 Å². The van der Waals surface area contributed by atoms with E-state index in [4.69, 9.17) is 21.1 Å². The predicted octanol–water partition coefficient (Wildman–Crippen LogP) is 4.49. The van der Waals surface area contributed by atoms with E-state index in [1.54, 1.807) is 18.3 Å². The number of halogens is 1. The summed E-state index contributed by atoms with van der Waals surface area (Å²) in [5.74, 6) is 0.806. The average molecular weight is 578 g/mol. The van der Waals surface area contributed by atoms with Gasteiger partial charge in [0.05, 0.1) is 12.7 Å². The molecule has 39 heavy (non-hydrogen) atoms. The van der Waals surface area contributed by atoms with Gasteiger partial charge in [-0.1, -0.05) is 23.7 Å². The van der Waals surface area contributed by atoms with E-state index in [2.05, 4.69) is 20.5 Å². The Hall–Kier alpha value is -2.23. The molecule has 1 atom stereocenters. The number of rotatable bonds is 9. The van der Waals surface area contributed by atoms with Gasteiger partial charge in [0.15, 0.2) is 0 Å². The van der Waals surface area contributed by atoms with Crippen LogP contribution in [0.3, 0.4) is 0 Å². The molecule has 2 saturated carbocycles. The van der Waals surface area contributed by atoms with Crippen LogP contribution in [0.2, 0.25) is 5.02 Å². The molecule has 0 radical (unpaired) electrons. The Kier molecular flexibility index (Phi) is 8.50. The quantitative estimate of drug-likeness (QED) is 0.318. The Morgan fingerprint density at radius 2 is 1.92 bits per heavy atom. The molecule has 5 rings (SSSR count). The highest BCUT2D eigenvalue weighted by Crippen LogP contribution is 2.53. The van der Waals surface area contributed by atoms with Crippen molar-refractivity contribution in [3.05, 3.63) is 46.1 Å². The fourth-order valence-electron chi connectivity index (χ4n) is 5.55. The summed E-state index contributed by atoms with van der Waals surface area (Å²) in [6, 6.07) is 5.40. The number of anilines is 2. The molecule has 2 heterocycles. The van der Waals surface area contributed by atoms with Crippen molar-refractivity contribution < 1.29 is 23.9 Å². The number of aromatic nitrogens is 2. The number of carbonyl (C=O) groups excluding carboxylic acids is 1. The van der Waals surface area contributed by atoms with Crippen LogP contribution >= 0.6 is 19.2 Å². The minimum atomic E-state index is -3.53. The van der Waals surface area contributed by atoms with Crippen LogP contribution in [0.15, 0.2) is 24.4 Å². The minimum absolute atomic E-state index is 0.0681. The first-order chi connectivity index (χ1) is 18.6. The van der Waals surface area contributed by atoms with E-state index in [-0.39, 0.29) is 24.7 Å². The second-order valence-corrected chi connectivity index (χ2v) is 13.4. The molecule has 1 aliphatic heterocycles.